The molecule has 0 radical (unpaired) electrons. The lowest BCUT2D eigenvalue weighted by atomic mass is 10.2. The maximum Gasteiger partial charge on any atom is 0.167 e. The van der Waals surface area contributed by atoms with Crippen LogP contribution in [-0.4, -0.2) is 9.97 Å². The molecule has 0 spiro atoms. The average Bonchev–Trinajstić information content (AvgIpc) is 2.26. The summed E-state index contributed by atoms with van der Waals surface area (Å²) in [5.41, 5.74) is 1.79. The van der Waals surface area contributed by atoms with E-state index in [1.165, 1.54) is 0 Å². The van der Waals surface area contributed by atoms with Gasteiger partial charge in [0.2, 0.25) is 0 Å². The van der Waals surface area contributed by atoms with Crippen LogP contribution in [0, 0.1) is 13.8 Å². The monoisotopic (exact) mass is 282 g/mol. The Hall–Kier alpha value is -1.32. The second-order valence-corrected chi connectivity index (χ2v) is 4.77. The lowest BCUT2D eigenvalue weighted by Gasteiger charge is -2.09. The Balaban J connectivity index is 2.11. The highest BCUT2D eigenvalue weighted by atomic mass is 35.5. The van der Waals surface area contributed by atoms with Gasteiger partial charge in [-0.1, -0.05) is 23.2 Å². The van der Waals surface area contributed by atoms with Crippen LogP contribution in [0.25, 0.3) is 0 Å². The van der Waals surface area contributed by atoms with Crippen LogP contribution >= 0.6 is 23.2 Å². The molecule has 18 heavy (non-hydrogen) atoms. The van der Waals surface area contributed by atoms with E-state index in [2.05, 4.69) is 9.97 Å². The molecule has 0 saturated heterocycles. The molecule has 1 aromatic heterocycles. The van der Waals surface area contributed by atoms with Crippen LogP contribution < -0.4 is 4.74 Å². The minimum Gasteiger partial charge on any atom is -0.485 e. The summed E-state index contributed by atoms with van der Waals surface area (Å²) in [5.74, 6) is 1.33. The predicted octanol–water partition coefficient (Wildman–Crippen LogP) is 3.98. The highest BCUT2D eigenvalue weighted by Gasteiger charge is 2.04. The maximum atomic E-state index is 5.88. The van der Waals surface area contributed by atoms with E-state index < -0.39 is 0 Å². The van der Waals surface area contributed by atoms with Crippen LogP contribution in [0.2, 0.25) is 10.2 Å². The van der Waals surface area contributed by atoms with Crippen molar-refractivity contribution in [1.82, 2.24) is 9.97 Å². The van der Waals surface area contributed by atoms with Crippen LogP contribution in [0.1, 0.15) is 17.1 Å². The number of hydrogen-bond donors (Lipinski definition) is 0. The number of rotatable bonds is 3. The van der Waals surface area contributed by atoms with Gasteiger partial charge in [-0.05, 0) is 43.7 Å². The van der Waals surface area contributed by atoms with Crippen LogP contribution in [-0.2, 0) is 6.61 Å². The predicted molar refractivity (Wildman–Crippen MR) is 72.3 cm³/mol. The second kappa shape index (κ2) is 5.55. The van der Waals surface area contributed by atoms with E-state index in [0.717, 1.165) is 17.0 Å². The summed E-state index contributed by atoms with van der Waals surface area (Å²) in [6.45, 7) is 4.08. The van der Waals surface area contributed by atoms with E-state index in [1.54, 1.807) is 12.1 Å². The van der Waals surface area contributed by atoms with Crippen LogP contribution in [0.3, 0.4) is 0 Å². The first-order valence-electron chi connectivity index (χ1n) is 5.43. The van der Waals surface area contributed by atoms with Gasteiger partial charge >= 0.3 is 0 Å². The Kier molecular flexibility index (Phi) is 4.04. The molecule has 0 aliphatic carbocycles. The first-order valence-corrected chi connectivity index (χ1v) is 6.19. The molecule has 0 amide bonds. The van der Waals surface area contributed by atoms with Gasteiger partial charge in [0.05, 0.1) is 0 Å². The van der Waals surface area contributed by atoms with Gasteiger partial charge in [0.1, 0.15) is 17.5 Å². The zero-order chi connectivity index (χ0) is 13.1. The highest BCUT2D eigenvalue weighted by molar-refractivity contribution is 6.30. The molecule has 2 aromatic rings. The van der Waals surface area contributed by atoms with E-state index in [4.69, 9.17) is 27.9 Å². The fraction of sp³-hybridized carbons (Fsp3) is 0.231. The summed E-state index contributed by atoms with van der Waals surface area (Å²) in [5, 5.41) is 1.11. The second-order valence-electron chi connectivity index (χ2n) is 3.95. The maximum absolute atomic E-state index is 5.88. The van der Waals surface area contributed by atoms with Crippen molar-refractivity contribution in [2.24, 2.45) is 0 Å². The SMILES string of the molecule is Cc1cc(Cl)nc(COc2ccc(Cl)cc2C)n1. The third kappa shape index (κ3) is 3.34. The molecule has 0 aliphatic rings. The molecule has 0 bridgehead atoms. The largest absolute Gasteiger partial charge is 0.485 e. The normalized spacial score (nSPS) is 10.4. The lowest BCUT2D eigenvalue weighted by molar-refractivity contribution is 0.293. The third-order valence-electron chi connectivity index (χ3n) is 2.36. The molecule has 5 heteroatoms. The summed E-state index contributed by atoms with van der Waals surface area (Å²) in [6, 6.07) is 7.17. The number of aromatic nitrogens is 2. The Labute approximate surface area is 116 Å². The molecule has 3 nitrogen and oxygen atoms in total. The molecule has 94 valence electrons. The number of ether oxygens (including phenoxy) is 1. The summed E-state index contributed by atoms with van der Waals surface area (Å²) in [7, 11) is 0. The highest BCUT2D eigenvalue weighted by Crippen LogP contribution is 2.22. The first kappa shape index (κ1) is 13.1. The van der Waals surface area contributed by atoms with Gasteiger partial charge in [0.15, 0.2) is 5.82 Å². The standard InChI is InChI=1S/C13H12Cl2N2O/c1-8-5-10(14)3-4-11(8)18-7-13-16-9(2)6-12(15)17-13/h3-6H,7H2,1-2H3. The van der Waals surface area contributed by atoms with Crippen molar-refractivity contribution in [1.29, 1.82) is 0 Å². The van der Waals surface area contributed by atoms with Crippen LogP contribution in [0.5, 0.6) is 5.75 Å². The minimum absolute atomic E-state index is 0.282. The molecule has 1 aromatic carbocycles. The van der Waals surface area contributed by atoms with Crippen LogP contribution in [0.15, 0.2) is 24.3 Å². The average molecular weight is 283 g/mol. The number of nitrogens with zero attached hydrogens (tertiary/aromatic N) is 2. The third-order valence-corrected chi connectivity index (χ3v) is 2.79. The lowest BCUT2D eigenvalue weighted by Crippen LogP contribution is -2.03. The molecule has 1 heterocycles. The van der Waals surface area contributed by atoms with E-state index in [1.807, 2.05) is 26.0 Å². The molecule has 0 aliphatic heterocycles. The molecule has 0 fully saturated rings. The number of aryl methyl sites for hydroxylation is 2. The van der Waals surface area contributed by atoms with Gasteiger partial charge in [-0.2, -0.15) is 0 Å². The van der Waals surface area contributed by atoms with Crippen molar-refractivity contribution in [3.63, 3.8) is 0 Å². The molecular formula is C13H12Cl2N2O. The fourth-order valence-electron chi connectivity index (χ4n) is 1.57. The summed E-state index contributed by atoms with van der Waals surface area (Å²) in [4.78, 5) is 8.35. The fourth-order valence-corrected chi connectivity index (χ4v) is 2.05. The molecule has 0 unspecified atom stereocenters. The topological polar surface area (TPSA) is 35.0 Å². The summed E-state index contributed by atoms with van der Waals surface area (Å²) < 4.78 is 5.65. The van der Waals surface area contributed by atoms with Crippen molar-refractivity contribution in [3.8, 4) is 5.75 Å². The number of hydrogen-bond acceptors (Lipinski definition) is 3. The van der Waals surface area contributed by atoms with Gasteiger partial charge in [-0.15, -0.1) is 0 Å². The smallest absolute Gasteiger partial charge is 0.167 e. The summed E-state index contributed by atoms with van der Waals surface area (Å²) in [6.07, 6.45) is 0. The molecular weight excluding hydrogens is 271 g/mol. The van der Waals surface area contributed by atoms with Crippen molar-refractivity contribution >= 4 is 23.2 Å². The Morgan fingerprint density at radius 2 is 1.89 bits per heavy atom. The van der Waals surface area contributed by atoms with Gasteiger partial charge in [-0.3, -0.25) is 0 Å². The molecule has 0 saturated carbocycles. The van der Waals surface area contributed by atoms with Crippen molar-refractivity contribution in [3.05, 3.63) is 51.5 Å². The zero-order valence-corrected chi connectivity index (χ0v) is 11.6. The van der Waals surface area contributed by atoms with Crippen LogP contribution in [0.4, 0.5) is 0 Å². The first-order chi connectivity index (χ1) is 8.54. The number of benzene rings is 1. The molecule has 2 rings (SSSR count). The van der Waals surface area contributed by atoms with E-state index in [0.29, 0.717) is 16.0 Å². The number of halogens is 2. The van der Waals surface area contributed by atoms with Crippen molar-refractivity contribution < 1.29 is 4.74 Å². The minimum atomic E-state index is 0.282. The Bertz CT molecular complexity index is 553. The van der Waals surface area contributed by atoms with Gasteiger partial charge in [0.25, 0.3) is 0 Å². The van der Waals surface area contributed by atoms with Gasteiger partial charge in [0, 0.05) is 10.7 Å². The quantitative estimate of drug-likeness (QED) is 0.799. The molecule has 0 atom stereocenters. The molecule has 0 N–H and O–H groups in total. The Morgan fingerprint density at radius 3 is 2.56 bits per heavy atom. The van der Waals surface area contributed by atoms with Gasteiger partial charge < -0.3 is 4.74 Å². The van der Waals surface area contributed by atoms with E-state index in [-0.39, 0.29) is 6.61 Å². The summed E-state index contributed by atoms with van der Waals surface area (Å²) >= 11 is 11.7. The van der Waals surface area contributed by atoms with E-state index in [9.17, 15) is 0 Å². The van der Waals surface area contributed by atoms with Crippen molar-refractivity contribution in [2.45, 2.75) is 20.5 Å². The van der Waals surface area contributed by atoms with Gasteiger partial charge in [-0.25, -0.2) is 9.97 Å². The zero-order valence-electron chi connectivity index (χ0n) is 10.1. The Morgan fingerprint density at radius 1 is 1.11 bits per heavy atom. The van der Waals surface area contributed by atoms with Crippen molar-refractivity contribution in [2.75, 3.05) is 0 Å². The van der Waals surface area contributed by atoms with E-state index >= 15 is 0 Å².